The van der Waals surface area contributed by atoms with Crippen molar-refractivity contribution in [3.63, 3.8) is 0 Å². The topological polar surface area (TPSA) is 114 Å². The third-order valence-electron chi connectivity index (χ3n) is 4.69. The minimum atomic E-state index is -4.33. The predicted molar refractivity (Wildman–Crippen MR) is 127 cm³/mol. The van der Waals surface area contributed by atoms with Gasteiger partial charge in [-0.25, -0.2) is 30.0 Å². The smallest absolute Gasteiger partial charge is 0.209 e. The first-order valence-corrected chi connectivity index (χ1v) is 15.0. The van der Waals surface area contributed by atoms with Crippen molar-refractivity contribution in [1.29, 1.82) is 0 Å². The number of rotatable bonds is 7. The Kier molecular flexibility index (Phi) is 7.28. The molecule has 176 valence electrons. The monoisotopic (exact) mass is 547 g/mol. The maximum Gasteiger partial charge on any atom is 0.209 e. The first kappa shape index (κ1) is 25.7. The fourth-order valence-corrected chi connectivity index (χ4v) is 8.01. The Morgan fingerprint density at radius 1 is 0.727 bits per heavy atom. The summed E-state index contributed by atoms with van der Waals surface area (Å²) < 4.78 is 78.7. The summed E-state index contributed by atoms with van der Waals surface area (Å²) in [6.45, 7) is 1.61. The van der Waals surface area contributed by atoms with Crippen LogP contribution in [0.4, 0.5) is 0 Å². The Hall–Kier alpha value is -1.95. The molecule has 0 spiro atoms. The van der Waals surface area contributed by atoms with E-state index in [1.54, 1.807) is 13.0 Å². The lowest BCUT2D eigenvalue weighted by Crippen LogP contribution is -2.25. The van der Waals surface area contributed by atoms with Gasteiger partial charge in [-0.2, -0.15) is 0 Å². The van der Waals surface area contributed by atoms with Gasteiger partial charge in [-0.3, -0.25) is 0 Å². The molecule has 3 aromatic carbocycles. The Morgan fingerprint density at radius 2 is 1.33 bits per heavy atom. The lowest BCUT2D eigenvalue weighted by atomic mass is 10.1. The molecule has 0 bridgehead atoms. The third kappa shape index (κ3) is 5.59. The molecular weight excluding hydrogens is 529 g/mol. The normalized spacial score (nSPS) is 13.6. The van der Waals surface area contributed by atoms with Crippen LogP contribution < -0.4 is 4.72 Å². The van der Waals surface area contributed by atoms with E-state index in [1.165, 1.54) is 48.5 Å². The molecular formula is C21H19Cl2NO6S3. The lowest BCUT2D eigenvalue weighted by Gasteiger charge is -2.15. The highest BCUT2D eigenvalue weighted by molar-refractivity contribution is 7.94. The first-order chi connectivity index (χ1) is 15.2. The average molecular weight is 548 g/mol. The summed E-state index contributed by atoms with van der Waals surface area (Å²) in [6, 6.07) is 14.1. The highest BCUT2D eigenvalue weighted by atomic mass is 35.5. The van der Waals surface area contributed by atoms with Gasteiger partial charge >= 0.3 is 0 Å². The number of sulfone groups is 2. The van der Waals surface area contributed by atoms with Gasteiger partial charge in [0.15, 0.2) is 0 Å². The minimum Gasteiger partial charge on any atom is -0.218 e. The van der Waals surface area contributed by atoms with Crippen LogP contribution in [-0.2, 0) is 29.7 Å². The van der Waals surface area contributed by atoms with Crippen molar-refractivity contribution >= 4 is 52.9 Å². The summed E-state index contributed by atoms with van der Waals surface area (Å²) in [6.07, 6.45) is 1.02. The molecule has 0 unspecified atom stereocenters. The van der Waals surface area contributed by atoms with Crippen molar-refractivity contribution in [3.8, 4) is 0 Å². The molecule has 0 saturated heterocycles. The molecule has 0 amide bonds. The summed E-state index contributed by atoms with van der Waals surface area (Å²) >= 11 is 12.1. The number of hydrogen-bond acceptors (Lipinski definition) is 6. The molecule has 12 heteroatoms. The molecule has 0 fully saturated rings. The molecule has 33 heavy (non-hydrogen) atoms. The van der Waals surface area contributed by atoms with Gasteiger partial charge < -0.3 is 0 Å². The van der Waals surface area contributed by atoms with Gasteiger partial charge in [-0.15, -0.1) is 0 Å². The quantitative estimate of drug-likeness (QED) is 0.472. The van der Waals surface area contributed by atoms with Crippen LogP contribution in [0.2, 0.25) is 10.0 Å². The second kappa shape index (κ2) is 9.36. The molecule has 3 aromatic rings. The van der Waals surface area contributed by atoms with Crippen LogP contribution in [0.3, 0.4) is 0 Å². The van der Waals surface area contributed by atoms with Crippen LogP contribution in [0.1, 0.15) is 18.5 Å². The minimum absolute atomic E-state index is 0.0376. The van der Waals surface area contributed by atoms with E-state index in [0.717, 1.165) is 18.4 Å². The molecule has 1 atom stereocenters. The largest absolute Gasteiger partial charge is 0.218 e. The second-order valence-electron chi connectivity index (χ2n) is 7.21. The molecule has 0 aliphatic heterocycles. The van der Waals surface area contributed by atoms with Crippen LogP contribution in [0, 0.1) is 0 Å². The third-order valence-corrected chi connectivity index (χ3v) is 9.96. The van der Waals surface area contributed by atoms with Gasteiger partial charge in [0.25, 0.3) is 0 Å². The van der Waals surface area contributed by atoms with Gasteiger partial charge in [0.1, 0.15) is 0 Å². The lowest BCUT2D eigenvalue weighted by molar-refractivity contribution is 0.572. The van der Waals surface area contributed by atoms with E-state index >= 15 is 0 Å². The van der Waals surface area contributed by atoms with E-state index in [-0.39, 0.29) is 19.8 Å². The summed E-state index contributed by atoms with van der Waals surface area (Å²) in [5.41, 5.74) is 0.527. The van der Waals surface area contributed by atoms with Crippen LogP contribution in [-0.4, -0.2) is 31.5 Å². The van der Waals surface area contributed by atoms with Crippen molar-refractivity contribution in [2.75, 3.05) is 6.26 Å². The molecule has 0 aliphatic rings. The molecule has 0 radical (unpaired) electrons. The van der Waals surface area contributed by atoms with Crippen molar-refractivity contribution in [2.45, 2.75) is 32.5 Å². The zero-order valence-electron chi connectivity index (χ0n) is 17.4. The van der Waals surface area contributed by atoms with Crippen molar-refractivity contribution in [3.05, 3.63) is 82.3 Å². The summed E-state index contributed by atoms with van der Waals surface area (Å²) in [5.74, 6) is 0. The zero-order chi connectivity index (χ0) is 24.6. The SMILES string of the molecule is C[C@H](NS(C)(=O)=O)c1ccc(S(=O)(=O)c2ccc(Cl)cc2S(=O)(=O)c2ccccc2Cl)cc1. The molecule has 0 heterocycles. The highest BCUT2D eigenvalue weighted by Crippen LogP contribution is 2.35. The van der Waals surface area contributed by atoms with Crippen LogP contribution in [0.25, 0.3) is 0 Å². The van der Waals surface area contributed by atoms with E-state index in [4.69, 9.17) is 23.2 Å². The van der Waals surface area contributed by atoms with Gasteiger partial charge in [0, 0.05) is 11.1 Å². The van der Waals surface area contributed by atoms with Gasteiger partial charge in [-0.1, -0.05) is 47.5 Å². The van der Waals surface area contributed by atoms with E-state index in [9.17, 15) is 25.3 Å². The molecule has 0 saturated carbocycles. The first-order valence-electron chi connectivity index (χ1n) is 9.35. The Labute approximate surface area is 203 Å². The summed E-state index contributed by atoms with van der Waals surface area (Å²) in [5, 5.41) is -0.0202. The van der Waals surface area contributed by atoms with Crippen LogP contribution in [0.5, 0.6) is 0 Å². The summed E-state index contributed by atoms with van der Waals surface area (Å²) in [7, 11) is -12.1. The molecule has 0 aromatic heterocycles. The number of nitrogens with one attached hydrogen (secondary N) is 1. The van der Waals surface area contributed by atoms with Crippen molar-refractivity contribution in [2.24, 2.45) is 0 Å². The zero-order valence-corrected chi connectivity index (χ0v) is 21.3. The fraction of sp³-hybridized carbons (Fsp3) is 0.143. The molecule has 7 nitrogen and oxygen atoms in total. The highest BCUT2D eigenvalue weighted by Gasteiger charge is 2.31. The summed E-state index contributed by atoms with van der Waals surface area (Å²) in [4.78, 5) is -1.38. The Balaban J connectivity index is 2.11. The van der Waals surface area contributed by atoms with Crippen LogP contribution in [0.15, 0.2) is 86.3 Å². The van der Waals surface area contributed by atoms with Crippen molar-refractivity contribution < 1.29 is 25.3 Å². The van der Waals surface area contributed by atoms with Gasteiger partial charge in [0.2, 0.25) is 29.7 Å². The van der Waals surface area contributed by atoms with Gasteiger partial charge in [0.05, 0.1) is 30.9 Å². The van der Waals surface area contributed by atoms with Crippen molar-refractivity contribution in [1.82, 2.24) is 4.72 Å². The van der Waals surface area contributed by atoms with Gasteiger partial charge in [-0.05, 0) is 55.0 Å². The predicted octanol–water partition coefficient (Wildman–Crippen LogP) is 4.27. The van der Waals surface area contributed by atoms with E-state index < -0.39 is 45.5 Å². The number of sulfonamides is 1. The number of halogens is 2. The van der Waals surface area contributed by atoms with Crippen LogP contribution >= 0.6 is 23.2 Å². The maximum atomic E-state index is 13.4. The average Bonchev–Trinajstić information content (AvgIpc) is 2.72. The molecule has 0 aliphatic carbocycles. The Morgan fingerprint density at radius 3 is 1.91 bits per heavy atom. The van der Waals surface area contributed by atoms with E-state index in [0.29, 0.717) is 5.56 Å². The number of benzene rings is 3. The maximum absolute atomic E-state index is 13.4. The second-order valence-corrected chi connectivity index (χ2v) is 13.6. The van der Waals surface area contributed by atoms with E-state index in [2.05, 4.69) is 4.72 Å². The standard InChI is InChI=1S/C21H19Cl2NO6S3/c1-14(24-31(2,25)26)15-7-10-17(11-8-15)32(27,28)20-12-9-16(22)13-21(20)33(29,30)19-6-4-3-5-18(19)23/h3-14,24H,1-2H3/t14-/m0/s1. The number of hydrogen-bond donors (Lipinski definition) is 1. The fourth-order valence-electron chi connectivity index (χ4n) is 3.15. The molecule has 3 rings (SSSR count). The van der Waals surface area contributed by atoms with E-state index in [1.807, 2.05) is 0 Å². The molecule has 1 N–H and O–H groups in total. The Bertz CT molecular complexity index is 1520.